The van der Waals surface area contributed by atoms with Gasteiger partial charge in [-0.2, -0.15) is 11.8 Å². The van der Waals surface area contributed by atoms with Crippen LogP contribution >= 0.6 is 11.8 Å². The summed E-state index contributed by atoms with van der Waals surface area (Å²) in [7, 11) is 1.61. The molecule has 0 aliphatic heterocycles. The van der Waals surface area contributed by atoms with Crippen LogP contribution in [0, 0.1) is 0 Å². The van der Waals surface area contributed by atoms with Gasteiger partial charge in [-0.15, -0.1) is 0 Å². The molecule has 0 aromatic heterocycles. The van der Waals surface area contributed by atoms with Crippen LogP contribution in [0.4, 0.5) is 0 Å². The summed E-state index contributed by atoms with van der Waals surface area (Å²) in [6, 6.07) is 0. The van der Waals surface area contributed by atoms with Gasteiger partial charge in [0.1, 0.15) is 0 Å². The van der Waals surface area contributed by atoms with Crippen molar-refractivity contribution in [3.8, 4) is 0 Å². The van der Waals surface area contributed by atoms with Gasteiger partial charge in [0.05, 0.1) is 12.7 Å². The molecule has 0 saturated heterocycles. The summed E-state index contributed by atoms with van der Waals surface area (Å²) in [6.45, 7) is 2.06. The molecule has 1 aliphatic carbocycles. The van der Waals surface area contributed by atoms with Gasteiger partial charge in [0, 0.05) is 24.9 Å². The van der Waals surface area contributed by atoms with Crippen molar-refractivity contribution in [3.05, 3.63) is 0 Å². The van der Waals surface area contributed by atoms with E-state index < -0.39 is 0 Å². The van der Waals surface area contributed by atoms with Crippen molar-refractivity contribution in [3.63, 3.8) is 0 Å². The second-order valence-electron chi connectivity index (χ2n) is 4.33. The van der Waals surface area contributed by atoms with E-state index in [4.69, 9.17) is 4.74 Å². The Balaban J connectivity index is 2.17. The lowest BCUT2D eigenvalue weighted by Gasteiger charge is -2.27. The van der Waals surface area contributed by atoms with E-state index >= 15 is 0 Å². The molecule has 1 fully saturated rings. The monoisotopic (exact) mass is 233 g/mol. The lowest BCUT2D eigenvalue weighted by Crippen LogP contribution is -2.39. The van der Waals surface area contributed by atoms with Gasteiger partial charge >= 0.3 is 0 Å². The van der Waals surface area contributed by atoms with E-state index in [0.29, 0.717) is 17.9 Å². The number of hydrogen-bond donors (Lipinski definition) is 2. The van der Waals surface area contributed by atoms with Gasteiger partial charge in [-0.25, -0.2) is 0 Å². The second kappa shape index (κ2) is 6.74. The van der Waals surface area contributed by atoms with E-state index in [2.05, 4.69) is 11.6 Å². The molecule has 0 radical (unpaired) electrons. The Bertz CT molecular complexity index is 172. The summed E-state index contributed by atoms with van der Waals surface area (Å²) in [5.41, 5.74) is 0. The van der Waals surface area contributed by atoms with Crippen LogP contribution in [0.3, 0.4) is 0 Å². The third-order valence-corrected chi connectivity index (χ3v) is 4.55. The SMILES string of the molecule is COCC(O)CNCC1(SC)CCCC1. The second-order valence-corrected chi connectivity index (χ2v) is 5.61. The summed E-state index contributed by atoms with van der Waals surface area (Å²) < 4.78 is 5.31. The Morgan fingerprint density at radius 2 is 2.13 bits per heavy atom. The number of aliphatic hydroxyl groups is 1. The number of hydrogen-bond acceptors (Lipinski definition) is 4. The minimum Gasteiger partial charge on any atom is -0.389 e. The Morgan fingerprint density at radius 1 is 1.47 bits per heavy atom. The van der Waals surface area contributed by atoms with Crippen molar-refractivity contribution in [2.45, 2.75) is 36.5 Å². The topological polar surface area (TPSA) is 41.5 Å². The van der Waals surface area contributed by atoms with Crippen molar-refractivity contribution in [2.75, 3.05) is 33.1 Å². The van der Waals surface area contributed by atoms with Crippen molar-refractivity contribution in [1.29, 1.82) is 0 Å². The average Bonchev–Trinajstić information content (AvgIpc) is 2.68. The largest absolute Gasteiger partial charge is 0.389 e. The summed E-state index contributed by atoms with van der Waals surface area (Å²) in [6.07, 6.45) is 7.13. The molecule has 4 heteroatoms. The standard InChI is InChI=1S/C11H23NO2S/c1-14-8-10(13)7-12-9-11(15-2)5-3-4-6-11/h10,12-13H,3-9H2,1-2H3. The molecule has 0 aromatic carbocycles. The number of nitrogens with one attached hydrogen (secondary N) is 1. The molecule has 1 rings (SSSR count). The van der Waals surface area contributed by atoms with Crippen molar-refractivity contribution in [2.24, 2.45) is 0 Å². The van der Waals surface area contributed by atoms with E-state index in [0.717, 1.165) is 6.54 Å². The molecule has 1 unspecified atom stereocenters. The highest BCUT2D eigenvalue weighted by Crippen LogP contribution is 2.39. The van der Waals surface area contributed by atoms with Crippen molar-refractivity contribution in [1.82, 2.24) is 5.32 Å². The van der Waals surface area contributed by atoms with Crippen LogP contribution in [0.15, 0.2) is 0 Å². The maximum atomic E-state index is 9.49. The zero-order valence-corrected chi connectivity index (χ0v) is 10.6. The molecular formula is C11H23NO2S. The van der Waals surface area contributed by atoms with Gasteiger partial charge in [0.25, 0.3) is 0 Å². The summed E-state index contributed by atoms with van der Waals surface area (Å²) in [5.74, 6) is 0. The molecule has 0 heterocycles. The molecule has 0 aromatic rings. The third kappa shape index (κ3) is 4.31. The Hall–Kier alpha value is 0.230. The molecule has 1 aliphatic rings. The molecular weight excluding hydrogens is 210 g/mol. The predicted octanol–water partition coefficient (Wildman–Crippen LogP) is 1.26. The van der Waals surface area contributed by atoms with E-state index in [1.165, 1.54) is 25.7 Å². The van der Waals surface area contributed by atoms with E-state index in [1.807, 2.05) is 11.8 Å². The minimum absolute atomic E-state index is 0.379. The fourth-order valence-corrected chi connectivity index (χ4v) is 3.13. The van der Waals surface area contributed by atoms with Crippen LogP contribution in [-0.2, 0) is 4.74 Å². The molecule has 3 nitrogen and oxygen atoms in total. The zero-order chi connectivity index (χ0) is 11.1. The Labute approximate surface area is 97.0 Å². The highest BCUT2D eigenvalue weighted by Gasteiger charge is 2.32. The number of rotatable bonds is 7. The highest BCUT2D eigenvalue weighted by atomic mass is 32.2. The summed E-state index contributed by atoms with van der Waals surface area (Å²) in [4.78, 5) is 0. The van der Waals surface area contributed by atoms with Gasteiger partial charge < -0.3 is 15.2 Å². The maximum Gasteiger partial charge on any atom is 0.0897 e. The highest BCUT2D eigenvalue weighted by molar-refractivity contribution is 8.00. The summed E-state index contributed by atoms with van der Waals surface area (Å²) in [5, 5.41) is 12.8. The van der Waals surface area contributed by atoms with E-state index in [1.54, 1.807) is 7.11 Å². The van der Waals surface area contributed by atoms with E-state index in [-0.39, 0.29) is 6.10 Å². The number of ether oxygens (including phenoxy) is 1. The van der Waals surface area contributed by atoms with Crippen LogP contribution in [0.2, 0.25) is 0 Å². The molecule has 0 amide bonds. The van der Waals surface area contributed by atoms with Crippen molar-refractivity contribution >= 4 is 11.8 Å². The first-order valence-electron chi connectivity index (χ1n) is 5.65. The smallest absolute Gasteiger partial charge is 0.0897 e. The van der Waals surface area contributed by atoms with Gasteiger partial charge in [0.15, 0.2) is 0 Å². The Morgan fingerprint density at radius 3 is 2.67 bits per heavy atom. The molecule has 0 bridgehead atoms. The van der Waals surface area contributed by atoms with Gasteiger partial charge in [-0.05, 0) is 19.1 Å². The number of thioether (sulfide) groups is 1. The quantitative estimate of drug-likeness (QED) is 0.694. The molecule has 2 N–H and O–H groups in total. The molecule has 15 heavy (non-hydrogen) atoms. The van der Waals surface area contributed by atoms with Crippen LogP contribution < -0.4 is 5.32 Å². The predicted molar refractivity (Wildman–Crippen MR) is 65.5 cm³/mol. The molecule has 1 atom stereocenters. The average molecular weight is 233 g/mol. The minimum atomic E-state index is -0.379. The first-order chi connectivity index (χ1) is 7.22. The molecule has 0 spiro atoms. The summed E-state index contributed by atoms with van der Waals surface area (Å²) >= 11 is 1.97. The van der Waals surface area contributed by atoms with Gasteiger partial charge in [0.2, 0.25) is 0 Å². The van der Waals surface area contributed by atoms with E-state index in [9.17, 15) is 5.11 Å². The first kappa shape index (κ1) is 13.3. The first-order valence-corrected chi connectivity index (χ1v) is 6.88. The molecule has 90 valence electrons. The normalized spacial score (nSPS) is 21.8. The lowest BCUT2D eigenvalue weighted by molar-refractivity contribution is 0.0643. The Kier molecular flexibility index (Phi) is 5.97. The number of aliphatic hydroxyl groups excluding tert-OH is 1. The molecule has 1 saturated carbocycles. The van der Waals surface area contributed by atoms with Crippen LogP contribution in [0.5, 0.6) is 0 Å². The van der Waals surface area contributed by atoms with Crippen LogP contribution in [0.1, 0.15) is 25.7 Å². The van der Waals surface area contributed by atoms with Gasteiger partial charge in [-0.3, -0.25) is 0 Å². The van der Waals surface area contributed by atoms with Crippen LogP contribution in [-0.4, -0.2) is 49.0 Å². The third-order valence-electron chi connectivity index (χ3n) is 3.13. The fourth-order valence-electron chi connectivity index (χ4n) is 2.19. The maximum absolute atomic E-state index is 9.49. The fraction of sp³-hybridized carbons (Fsp3) is 1.00. The zero-order valence-electron chi connectivity index (χ0n) is 9.79. The van der Waals surface area contributed by atoms with Crippen LogP contribution in [0.25, 0.3) is 0 Å². The van der Waals surface area contributed by atoms with Crippen molar-refractivity contribution < 1.29 is 9.84 Å². The lowest BCUT2D eigenvalue weighted by atomic mass is 10.1. The number of methoxy groups -OCH3 is 1. The van der Waals surface area contributed by atoms with Gasteiger partial charge in [-0.1, -0.05) is 12.8 Å².